The van der Waals surface area contributed by atoms with Gasteiger partial charge < -0.3 is 14.5 Å². The van der Waals surface area contributed by atoms with Crippen molar-refractivity contribution in [3.05, 3.63) is 77.9 Å². The van der Waals surface area contributed by atoms with Crippen molar-refractivity contribution in [3.8, 4) is 5.82 Å². The third-order valence-corrected chi connectivity index (χ3v) is 8.03. The molecule has 40 heavy (non-hydrogen) atoms. The monoisotopic (exact) mass is 546 g/mol. The molecule has 4 aromatic rings. The van der Waals surface area contributed by atoms with Gasteiger partial charge in [-0.15, -0.1) is 0 Å². The van der Waals surface area contributed by atoms with Gasteiger partial charge >= 0.3 is 0 Å². The van der Waals surface area contributed by atoms with Gasteiger partial charge in [0.25, 0.3) is 6.43 Å². The van der Waals surface area contributed by atoms with E-state index in [9.17, 15) is 8.78 Å². The number of halogens is 2. The van der Waals surface area contributed by atoms with Crippen LogP contribution in [0, 0.1) is 5.92 Å². The van der Waals surface area contributed by atoms with Gasteiger partial charge in [-0.2, -0.15) is 0 Å². The molecular formula is C31H36F2N6O. The lowest BCUT2D eigenvalue weighted by atomic mass is 10.0. The first-order valence-corrected chi connectivity index (χ1v) is 14.4. The van der Waals surface area contributed by atoms with Crippen LogP contribution >= 0.6 is 0 Å². The van der Waals surface area contributed by atoms with E-state index in [0.29, 0.717) is 61.3 Å². The Bertz CT molecular complexity index is 1410. The van der Waals surface area contributed by atoms with Crippen LogP contribution in [0.5, 0.6) is 0 Å². The number of morpholine rings is 1. The highest BCUT2D eigenvalue weighted by molar-refractivity contribution is 5.78. The van der Waals surface area contributed by atoms with Gasteiger partial charge in [0.1, 0.15) is 17.5 Å². The normalized spacial score (nSPS) is 18.3. The Hall–Kier alpha value is -3.43. The van der Waals surface area contributed by atoms with Gasteiger partial charge in [-0.3, -0.25) is 4.57 Å². The number of benzene rings is 2. The molecule has 2 saturated heterocycles. The molecule has 0 N–H and O–H groups in total. The number of anilines is 1. The number of hydrogen-bond acceptors (Lipinski definition) is 6. The Morgan fingerprint density at radius 2 is 1.65 bits per heavy atom. The van der Waals surface area contributed by atoms with E-state index in [4.69, 9.17) is 14.7 Å². The van der Waals surface area contributed by atoms with E-state index >= 15 is 0 Å². The molecule has 1 unspecified atom stereocenters. The molecule has 1 atom stereocenters. The Kier molecular flexibility index (Phi) is 8.29. The summed E-state index contributed by atoms with van der Waals surface area (Å²) >= 11 is 0. The van der Waals surface area contributed by atoms with E-state index in [1.165, 1.54) is 16.6 Å². The summed E-state index contributed by atoms with van der Waals surface area (Å²) < 4.78 is 35.2. The lowest BCUT2D eigenvalue weighted by molar-refractivity contribution is 0.122. The number of rotatable bonds is 10. The zero-order valence-corrected chi connectivity index (χ0v) is 22.8. The average Bonchev–Trinajstić information content (AvgIpc) is 3.62. The first-order chi connectivity index (χ1) is 19.6. The minimum Gasteiger partial charge on any atom is -0.378 e. The maximum Gasteiger partial charge on any atom is 0.296 e. The van der Waals surface area contributed by atoms with Gasteiger partial charge in [0.05, 0.1) is 24.2 Å². The summed E-state index contributed by atoms with van der Waals surface area (Å²) in [5.74, 6) is 2.27. The predicted octanol–water partition coefficient (Wildman–Crippen LogP) is 5.48. The number of fused-ring (bicyclic) bond motifs is 1. The van der Waals surface area contributed by atoms with Crippen LogP contribution < -0.4 is 4.90 Å². The smallest absolute Gasteiger partial charge is 0.296 e. The third-order valence-electron chi connectivity index (χ3n) is 8.03. The van der Waals surface area contributed by atoms with Crippen LogP contribution in [0.25, 0.3) is 16.9 Å². The highest BCUT2D eigenvalue weighted by Gasteiger charge is 2.24. The van der Waals surface area contributed by atoms with Gasteiger partial charge in [0, 0.05) is 38.7 Å². The molecule has 2 aliphatic rings. The molecular weight excluding hydrogens is 510 g/mol. The molecule has 6 rings (SSSR count). The van der Waals surface area contributed by atoms with E-state index in [0.717, 1.165) is 44.7 Å². The summed E-state index contributed by atoms with van der Waals surface area (Å²) in [5.41, 5.74) is 2.54. The largest absolute Gasteiger partial charge is 0.378 e. The second-order valence-electron chi connectivity index (χ2n) is 10.8. The maximum absolute atomic E-state index is 14.1. The van der Waals surface area contributed by atoms with Crippen molar-refractivity contribution in [1.82, 2.24) is 24.4 Å². The topological polar surface area (TPSA) is 59.3 Å². The van der Waals surface area contributed by atoms with E-state index in [1.54, 1.807) is 6.07 Å². The fraction of sp³-hybridized carbons (Fsp3) is 0.452. The number of aromatic nitrogens is 4. The predicted molar refractivity (Wildman–Crippen MR) is 152 cm³/mol. The van der Waals surface area contributed by atoms with E-state index in [-0.39, 0.29) is 5.82 Å². The van der Waals surface area contributed by atoms with E-state index < -0.39 is 6.43 Å². The summed E-state index contributed by atoms with van der Waals surface area (Å²) in [7, 11) is 0. The zero-order chi connectivity index (χ0) is 27.3. The number of ether oxygens (including phenoxy) is 1. The van der Waals surface area contributed by atoms with Crippen molar-refractivity contribution in [2.45, 2.75) is 38.5 Å². The molecule has 9 heteroatoms. The van der Waals surface area contributed by atoms with E-state index in [2.05, 4.69) is 45.1 Å². The molecule has 0 amide bonds. The van der Waals surface area contributed by atoms with Gasteiger partial charge in [-0.1, -0.05) is 42.5 Å². The highest BCUT2D eigenvalue weighted by atomic mass is 19.3. The third kappa shape index (κ3) is 6.15. The van der Waals surface area contributed by atoms with Crippen LogP contribution in [0.3, 0.4) is 0 Å². The van der Waals surface area contributed by atoms with Crippen molar-refractivity contribution >= 4 is 16.9 Å². The number of hydrogen-bond donors (Lipinski definition) is 0. The fourth-order valence-electron chi connectivity index (χ4n) is 5.91. The second kappa shape index (κ2) is 12.4. The number of nitrogens with zero attached hydrogens (tertiary/aromatic N) is 6. The molecule has 0 radical (unpaired) electrons. The van der Waals surface area contributed by atoms with Crippen molar-refractivity contribution in [2.24, 2.45) is 5.92 Å². The Morgan fingerprint density at radius 3 is 2.48 bits per heavy atom. The Balaban J connectivity index is 1.17. The number of para-hydroxylation sites is 2. The van der Waals surface area contributed by atoms with Crippen LogP contribution in [0.2, 0.25) is 0 Å². The molecule has 0 spiro atoms. The molecule has 2 aliphatic heterocycles. The first-order valence-electron chi connectivity index (χ1n) is 14.4. The number of aryl methyl sites for hydroxylation is 1. The molecule has 210 valence electrons. The summed E-state index contributed by atoms with van der Waals surface area (Å²) in [6, 6.07) is 19.7. The van der Waals surface area contributed by atoms with Crippen LogP contribution in [-0.4, -0.2) is 70.4 Å². The van der Waals surface area contributed by atoms with Crippen molar-refractivity contribution in [1.29, 1.82) is 0 Å². The lowest BCUT2D eigenvalue weighted by Gasteiger charge is -2.28. The van der Waals surface area contributed by atoms with E-state index in [1.807, 2.05) is 24.3 Å². The van der Waals surface area contributed by atoms with Crippen molar-refractivity contribution < 1.29 is 13.5 Å². The summed E-state index contributed by atoms with van der Waals surface area (Å²) in [4.78, 5) is 18.7. The quantitative estimate of drug-likeness (QED) is 0.263. The molecule has 0 saturated carbocycles. The van der Waals surface area contributed by atoms with Crippen LogP contribution in [0.15, 0.2) is 60.7 Å². The number of alkyl halides is 2. The average molecular weight is 547 g/mol. The zero-order valence-electron chi connectivity index (χ0n) is 22.8. The van der Waals surface area contributed by atoms with Crippen molar-refractivity contribution in [3.63, 3.8) is 0 Å². The van der Waals surface area contributed by atoms with Crippen LogP contribution in [0.1, 0.15) is 42.9 Å². The van der Waals surface area contributed by atoms with Gasteiger partial charge in [-0.25, -0.2) is 23.7 Å². The fourth-order valence-corrected chi connectivity index (χ4v) is 5.91. The Morgan fingerprint density at radius 1 is 0.875 bits per heavy atom. The standard InChI is InChI=1S/C31H36F2N6O/c32-30(33)31-34-25-10-4-5-11-26(25)39(31)29-21-28(38-17-19-40-20-18-38)35-27(36-29)12-6-9-24-14-16-37(22-24)15-13-23-7-2-1-3-8-23/h1-5,7-8,10-11,21,24,30H,6,9,12-20,22H2. The molecule has 0 bridgehead atoms. The number of likely N-dealkylation sites (tertiary alicyclic amines) is 1. The van der Waals surface area contributed by atoms with Crippen molar-refractivity contribution in [2.75, 3.05) is 50.8 Å². The number of imidazole rings is 1. The highest BCUT2D eigenvalue weighted by Crippen LogP contribution is 2.29. The molecule has 2 aromatic heterocycles. The maximum atomic E-state index is 14.1. The molecule has 2 aromatic carbocycles. The van der Waals surface area contributed by atoms with Crippen LogP contribution in [-0.2, 0) is 17.6 Å². The molecule has 0 aliphatic carbocycles. The Labute approximate surface area is 233 Å². The first kappa shape index (κ1) is 26.8. The molecule has 2 fully saturated rings. The summed E-state index contributed by atoms with van der Waals surface area (Å²) in [6.45, 7) is 6.04. The van der Waals surface area contributed by atoms with Gasteiger partial charge in [0.2, 0.25) is 0 Å². The van der Waals surface area contributed by atoms with Crippen LogP contribution in [0.4, 0.5) is 14.6 Å². The lowest BCUT2D eigenvalue weighted by Crippen LogP contribution is -2.37. The SMILES string of the molecule is FC(F)c1nc2ccccc2n1-c1cc(N2CCOCC2)nc(CCCC2CCN(CCc3ccccc3)C2)n1. The van der Waals surface area contributed by atoms with Gasteiger partial charge in [-0.05, 0) is 55.8 Å². The molecule has 7 nitrogen and oxygen atoms in total. The minimum atomic E-state index is -2.72. The summed E-state index contributed by atoms with van der Waals surface area (Å²) in [5, 5.41) is 0. The second-order valence-corrected chi connectivity index (χ2v) is 10.8. The summed E-state index contributed by atoms with van der Waals surface area (Å²) in [6.07, 6.45) is 2.37. The molecule has 4 heterocycles. The minimum absolute atomic E-state index is 0.291. The van der Waals surface area contributed by atoms with Gasteiger partial charge in [0.15, 0.2) is 5.82 Å².